The molecule has 1 saturated carbocycles. The molecule has 0 aromatic carbocycles. The summed E-state index contributed by atoms with van der Waals surface area (Å²) >= 11 is 1.41. The normalized spacial score (nSPS) is 16.6. The highest BCUT2D eigenvalue weighted by Gasteiger charge is 2.32. The van der Waals surface area contributed by atoms with Gasteiger partial charge in [-0.15, -0.1) is 11.3 Å². The Morgan fingerprint density at radius 3 is 2.70 bits per heavy atom. The van der Waals surface area contributed by atoms with Crippen LogP contribution in [0, 0.1) is 6.92 Å². The summed E-state index contributed by atoms with van der Waals surface area (Å²) in [7, 11) is -1.60. The first-order chi connectivity index (χ1) is 9.46. The summed E-state index contributed by atoms with van der Waals surface area (Å²) in [5.74, 6) is 0. The molecule has 0 aliphatic heterocycles. The third-order valence-electron chi connectivity index (χ3n) is 3.93. The molecule has 0 radical (unpaired) electrons. The van der Waals surface area contributed by atoms with E-state index in [1.807, 2.05) is 13.0 Å². The zero-order valence-corrected chi connectivity index (χ0v) is 14.1. The van der Waals surface area contributed by atoms with Crippen molar-refractivity contribution in [2.24, 2.45) is 0 Å². The molecule has 6 heteroatoms. The highest BCUT2D eigenvalue weighted by Crippen LogP contribution is 2.32. The van der Waals surface area contributed by atoms with Gasteiger partial charge in [0.05, 0.1) is 0 Å². The number of rotatable bonds is 7. The van der Waals surface area contributed by atoms with E-state index >= 15 is 0 Å². The quantitative estimate of drug-likeness (QED) is 0.787. The molecule has 1 aliphatic rings. The van der Waals surface area contributed by atoms with Crippen molar-refractivity contribution >= 4 is 21.4 Å². The van der Waals surface area contributed by atoms with Crippen LogP contribution in [0.1, 0.15) is 43.0 Å². The largest absolute Gasteiger partial charge is 0.312 e. The zero-order chi connectivity index (χ0) is 14.8. The van der Waals surface area contributed by atoms with Gasteiger partial charge in [-0.2, -0.15) is 4.31 Å². The van der Waals surface area contributed by atoms with Crippen molar-refractivity contribution in [3.8, 4) is 0 Å². The summed E-state index contributed by atoms with van der Waals surface area (Å²) in [5.41, 5.74) is 1.07. The van der Waals surface area contributed by atoms with Gasteiger partial charge in [-0.1, -0.05) is 13.3 Å². The highest BCUT2D eigenvalue weighted by atomic mass is 32.2. The van der Waals surface area contributed by atoms with Crippen LogP contribution in [-0.4, -0.2) is 32.4 Å². The van der Waals surface area contributed by atoms with Gasteiger partial charge in [-0.05, 0) is 44.4 Å². The lowest BCUT2D eigenvalue weighted by atomic mass is 9.94. The van der Waals surface area contributed by atoms with Crippen LogP contribution < -0.4 is 5.32 Å². The van der Waals surface area contributed by atoms with E-state index < -0.39 is 10.0 Å². The molecular weight excluding hydrogens is 292 g/mol. The Kier molecular flexibility index (Phi) is 5.23. The second-order valence-corrected chi connectivity index (χ2v) is 8.82. The van der Waals surface area contributed by atoms with E-state index in [0.717, 1.165) is 49.2 Å². The minimum Gasteiger partial charge on any atom is -0.312 e. The van der Waals surface area contributed by atoms with Crippen molar-refractivity contribution in [1.29, 1.82) is 0 Å². The monoisotopic (exact) mass is 316 g/mol. The Bertz CT molecular complexity index is 548. The van der Waals surface area contributed by atoms with Crippen LogP contribution in [0.15, 0.2) is 10.3 Å². The molecule has 20 heavy (non-hydrogen) atoms. The zero-order valence-electron chi connectivity index (χ0n) is 12.5. The predicted molar refractivity (Wildman–Crippen MR) is 83.6 cm³/mol. The lowest BCUT2D eigenvalue weighted by molar-refractivity contribution is 0.250. The minimum absolute atomic E-state index is 0.198. The fourth-order valence-corrected chi connectivity index (χ4v) is 5.42. The van der Waals surface area contributed by atoms with E-state index in [-0.39, 0.29) is 6.04 Å². The maximum absolute atomic E-state index is 12.6. The third-order valence-corrected chi connectivity index (χ3v) is 7.53. The van der Waals surface area contributed by atoms with E-state index in [1.165, 1.54) is 11.3 Å². The first-order valence-corrected chi connectivity index (χ1v) is 9.50. The fourth-order valence-electron chi connectivity index (χ4n) is 2.26. The van der Waals surface area contributed by atoms with Crippen LogP contribution in [0.3, 0.4) is 0 Å². The van der Waals surface area contributed by atoms with E-state index in [2.05, 4.69) is 12.2 Å². The average molecular weight is 316 g/mol. The number of hydrogen-bond acceptors (Lipinski definition) is 4. The smallest absolute Gasteiger partial charge is 0.252 e. The number of aryl methyl sites for hydroxylation is 1. The van der Waals surface area contributed by atoms with Crippen molar-refractivity contribution in [1.82, 2.24) is 9.62 Å². The number of sulfonamides is 1. The Balaban J connectivity index is 2.13. The second-order valence-electron chi connectivity index (χ2n) is 5.45. The van der Waals surface area contributed by atoms with Gasteiger partial charge >= 0.3 is 0 Å². The van der Waals surface area contributed by atoms with Crippen molar-refractivity contribution in [3.05, 3.63) is 16.5 Å². The summed E-state index contributed by atoms with van der Waals surface area (Å²) in [6, 6.07) is 2.02. The molecule has 0 spiro atoms. The molecule has 114 valence electrons. The molecule has 1 fully saturated rings. The van der Waals surface area contributed by atoms with Crippen LogP contribution in [0.4, 0.5) is 0 Å². The van der Waals surface area contributed by atoms with Crippen LogP contribution in [0.5, 0.6) is 0 Å². The first kappa shape index (κ1) is 15.9. The first-order valence-electron chi connectivity index (χ1n) is 7.25. The number of nitrogens with zero attached hydrogens (tertiary/aromatic N) is 1. The lowest BCUT2D eigenvalue weighted by Gasteiger charge is -2.33. The molecule has 0 bridgehead atoms. The fraction of sp³-hybridized carbons (Fsp3) is 0.714. The topological polar surface area (TPSA) is 49.4 Å². The van der Waals surface area contributed by atoms with Gasteiger partial charge in [-0.3, -0.25) is 0 Å². The molecule has 0 amide bonds. The Labute approximate surface area is 126 Å². The van der Waals surface area contributed by atoms with Crippen molar-refractivity contribution in [3.63, 3.8) is 0 Å². The molecule has 4 nitrogen and oxygen atoms in total. The molecule has 0 unspecified atom stereocenters. The lowest BCUT2D eigenvalue weighted by Crippen LogP contribution is -2.40. The van der Waals surface area contributed by atoms with Gasteiger partial charge < -0.3 is 5.32 Å². The summed E-state index contributed by atoms with van der Waals surface area (Å²) < 4.78 is 27.2. The van der Waals surface area contributed by atoms with Gasteiger partial charge in [0.15, 0.2) is 0 Å². The minimum atomic E-state index is -3.31. The molecular formula is C14H24N2O2S2. The standard InChI is InChI=1S/C14H24N2O2S2/c1-4-8-15-10-13-11(2)9-14(19-13)20(17,18)16(3)12-6-5-7-12/h9,12,15H,4-8,10H2,1-3H3. The summed E-state index contributed by atoms with van der Waals surface area (Å²) in [6.45, 7) is 5.83. The SMILES string of the molecule is CCCNCc1sc(S(=O)(=O)N(C)C2CCC2)cc1C. The van der Waals surface area contributed by atoms with E-state index in [1.54, 1.807) is 11.4 Å². The van der Waals surface area contributed by atoms with Gasteiger partial charge in [0, 0.05) is 24.5 Å². The average Bonchev–Trinajstić information content (AvgIpc) is 2.70. The van der Waals surface area contributed by atoms with Gasteiger partial charge in [0.25, 0.3) is 10.0 Å². The maximum Gasteiger partial charge on any atom is 0.252 e. The highest BCUT2D eigenvalue weighted by molar-refractivity contribution is 7.91. The van der Waals surface area contributed by atoms with Crippen LogP contribution in [0.2, 0.25) is 0 Å². The number of thiophene rings is 1. The molecule has 2 rings (SSSR count). The molecule has 1 aliphatic carbocycles. The molecule has 1 N–H and O–H groups in total. The van der Waals surface area contributed by atoms with Gasteiger partial charge in [-0.25, -0.2) is 8.42 Å². The van der Waals surface area contributed by atoms with Crippen LogP contribution in [-0.2, 0) is 16.6 Å². The Morgan fingerprint density at radius 2 is 2.15 bits per heavy atom. The second kappa shape index (κ2) is 6.56. The summed E-state index contributed by atoms with van der Waals surface area (Å²) in [4.78, 5) is 1.12. The van der Waals surface area contributed by atoms with Crippen molar-refractivity contribution in [2.75, 3.05) is 13.6 Å². The summed E-state index contributed by atoms with van der Waals surface area (Å²) in [6.07, 6.45) is 4.20. The summed E-state index contributed by atoms with van der Waals surface area (Å²) in [5, 5.41) is 3.33. The number of nitrogens with one attached hydrogen (secondary N) is 1. The van der Waals surface area contributed by atoms with Crippen LogP contribution >= 0.6 is 11.3 Å². The van der Waals surface area contributed by atoms with Gasteiger partial charge in [0.1, 0.15) is 4.21 Å². The number of hydrogen-bond donors (Lipinski definition) is 1. The Morgan fingerprint density at radius 1 is 1.45 bits per heavy atom. The molecule has 0 saturated heterocycles. The van der Waals surface area contributed by atoms with Crippen molar-refractivity contribution in [2.45, 2.75) is 56.3 Å². The third kappa shape index (κ3) is 3.24. The van der Waals surface area contributed by atoms with Gasteiger partial charge in [0.2, 0.25) is 0 Å². The maximum atomic E-state index is 12.6. The van der Waals surface area contributed by atoms with E-state index in [9.17, 15) is 8.42 Å². The van der Waals surface area contributed by atoms with E-state index in [0.29, 0.717) is 4.21 Å². The van der Waals surface area contributed by atoms with E-state index in [4.69, 9.17) is 0 Å². The van der Waals surface area contributed by atoms with Crippen molar-refractivity contribution < 1.29 is 8.42 Å². The molecule has 1 heterocycles. The molecule has 1 aromatic rings. The predicted octanol–water partition coefficient (Wildman–Crippen LogP) is 2.73. The molecule has 1 aromatic heterocycles. The Hall–Kier alpha value is -0.430. The molecule has 0 atom stereocenters. The van der Waals surface area contributed by atoms with Crippen LogP contribution in [0.25, 0.3) is 0 Å².